The van der Waals surface area contributed by atoms with Gasteiger partial charge in [-0.05, 0) is 12.5 Å². The van der Waals surface area contributed by atoms with Crippen LogP contribution in [0.15, 0.2) is 18.2 Å². The average molecular weight is 314 g/mol. The van der Waals surface area contributed by atoms with Crippen LogP contribution in [0.4, 0.5) is 0 Å². The lowest BCUT2D eigenvalue weighted by atomic mass is 9.93. The third-order valence-electron chi connectivity index (χ3n) is 3.51. The minimum Gasteiger partial charge on any atom is -0.454 e. The number of para-hydroxylation sites is 1. The van der Waals surface area contributed by atoms with E-state index >= 15 is 0 Å². The van der Waals surface area contributed by atoms with Gasteiger partial charge in [0.2, 0.25) is 6.79 Å². The number of hydrogen-bond donors (Lipinski definition) is 0. The molecule has 1 aliphatic rings. The van der Waals surface area contributed by atoms with Crippen LogP contribution in [0.5, 0.6) is 11.5 Å². The van der Waals surface area contributed by atoms with Crippen molar-refractivity contribution in [2.24, 2.45) is 0 Å². The van der Waals surface area contributed by atoms with Crippen LogP contribution in [0.25, 0.3) is 0 Å². The van der Waals surface area contributed by atoms with Crippen LogP contribution >= 0.6 is 0 Å². The predicted molar refractivity (Wildman–Crippen MR) is 80.2 cm³/mol. The van der Waals surface area contributed by atoms with Crippen LogP contribution < -0.4 is 9.47 Å². The first-order valence-corrected chi connectivity index (χ1v) is 9.06. The van der Waals surface area contributed by atoms with E-state index in [9.17, 15) is 8.42 Å². The lowest BCUT2D eigenvalue weighted by molar-refractivity contribution is 0.172. The van der Waals surface area contributed by atoms with Crippen molar-refractivity contribution in [1.29, 1.82) is 0 Å². The molecule has 0 bridgehead atoms. The largest absolute Gasteiger partial charge is 0.454 e. The maximum absolute atomic E-state index is 11.3. The Balaban J connectivity index is 2.16. The molecular formula is C15H22O5S. The monoisotopic (exact) mass is 314 g/mol. The van der Waals surface area contributed by atoms with Crippen LogP contribution in [-0.4, -0.2) is 28.1 Å². The molecule has 5 nitrogen and oxygen atoms in total. The van der Waals surface area contributed by atoms with Gasteiger partial charge in [0.05, 0.1) is 12.9 Å². The van der Waals surface area contributed by atoms with Crippen LogP contribution in [0.2, 0.25) is 0 Å². The Morgan fingerprint density at radius 2 is 2.10 bits per heavy atom. The van der Waals surface area contributed by atoms with Gasteiger partial charge in [-0.3, -0.25) is 4.18 Å². The van der Waals surface area contributed by atoms with Gasteiger partial charge < -0.3 is 9.47 Å². The summed E-state index contributed by atoms with van der Waals surface area (Å²) in [7, 11) is -3.44. The number of ether oxygens (including phenoxy) is 2. The highest BCUT2D eigenvalue weighted by atomic mass is 32.2. The van der Waals surface area contributed by atoms with Gasteiger partial charge in [-0.2, -0.15) is 8.42 Å². The summed E-state index contributed by atoms with van der Waals surface area (Å²) >= 11 is 0. The molecule has 0 aromatic heterocycles. The summed E-state index contributed by atoms with van der Waals surface area (Å²) in [6.07, 6.45) is 5.20. The molecule has 0 radical (unpaired) electrons. The van der Waals surface area contributed by atoms with Crippen molar-refractivity contribution in [3.8, 4) is 11.5 Å². The Hall–Kier alpha value is -1.27. The van der Waals surface area contributed by atoms with Gasteiger partial charge in [-0.1, -0.05) is 38.3 Å². The summed E-state index contributed by atoms with van der Waals surface area (Å²) in [5, 5.41) is 0. The van der Waals surface area contributed by atoms with Crippen LogP contribution in [-0.2, 0) is 14.3 Å². The second-order valence-corrected chi connectivity index (χ2v) is 6.91. The first-order valence-electron chi connectivity index (χ1n) is 7.24. The van der Waals surface area contributed by atoms with E-state index in [1.165, 1.54) is 0 Å². The average Bonchev–Trinajstić information content (AvgIpc) is 2.90. The molecule has 1 aromatic carbocycles. The van der Waals surface area contributed by atoms with Gasteiger partial charge in [-0.25, -0.2) is 0 Å². The zero-order valence-electron chi connectivity index (χ0n) is 12.5. The number of fused-ring (bicyclic) bond motifs is 1. The lowest BCUT2D eigenvalue weighted by Gasteiger charge is -2.18. The number of unbranched alkanes of at least 4 members (excludes halogenated alkanes) is 2. The molecule has 1 aromatic rings. The molecule has 0 saturated carbocycles. The van der Waals surface area contributed by atoms with Gasteiger partial charge in [0.25, 0.3) is 10.1 Å². The van der Waals surface area contributed by atoms with Crippen LogP contribution in [0, 0.1) is 0 Å². The summed E-state index contributed by atoms with van der Waals surface area (Å²) in [5.74, 6) is 1.42. The standard InChI is InChI=1S/C15H22O5S/c1-3-4-5-7-12(10-20-21(2,16)17)13-8-6-9-14-15(13)19-11-18-14/h6,8-9,12H,3-5,7,10-11H2,1-2H3. The zero-order chi connectivity index (χ0) is 15.3. The first kappa shape index (κ1) is 16.1. The Bertz CT molecular complexity index is 567. The van der Waals surface area contributed by atoms with E-state index in [1.54, 1.807) is 0 Å². The van der Waals surface area contributed by atoms with Crippen molar-refractivity contribution in [3.05, 3.63) is 23.8 Å². The van der Waals surface area contributed by atoms with Gasteiger partial charge in [0, 0.05) is 11.5 Å². The molecular weight excluding hydrogens is 292 g/mol. The van der Waals surface area contributed by atoms with Crippen LogP contribution in [0.1, 0.15) is 44.1 Å². The zero-order valence-corrected chi connectivity index (χ0v) is 13.3. The molecule has 1 unspecified atom stereocenters. The van der Waals surface area contributed by atoms with Crippen molar-refractivity contribution < 1.29 is 22.1 Å². The Morgan fingerprint density at radius 3 is 2.81 bits per heavy atom. The van der Waals surface area contributed by atoms with E-state index in [0.29, 0.717) is 5.75 Å². The second kappa shape index (κ2) is 7.13. The maximum atomic E-state index is 11.3. The topological polar surface area (TPSA) is 61.8 Å². The molecule has 1 heterocycles. The quantitative estimate of drug-likeness (QED) is 0.545. The molecule has 0 spiro atoms. The number of rotatable bonds is 8. The molecule has 21 heavy (non-hydrogen) atoms. The second-order valence-electron chi connectivity index (χ2n) is 5.26. The molecule has 2 rings (SSSR count). The molecule has 118 valence electrons. The summed E-state index contributed by atoms with van der Waals surface area (Å²) in [6.45, 7) is 2.49. The Morgan fingerprint density at radius 1 is 1.29 bits per heavy atom. The fourth-order valence-electron chi connectivity index (χ4n) is 2.45. The van der Waals surface area contributed by atoms with E-state index < -0.39 is 10.1 Å². The summed E-state index contributed by atoms with van der Waals surface area (Å²) in [4.78, 5) is 0. The SMILES string of the molecule is CCCCCC(COS(C)(=O)=O)c1cccc2c1OCO2. The van der Waals surface area contributed by atoms with Crippen molar-refractivity contribution >= 4 is 10.1 Å². The molecule has 6 heteroatoms. The highest BCUT2D eigenvalue weighted by Gasteiger charge is 2.24. The first-order chi connectivity index (χ1) is 10.0. The van der Waals surface area contributed by atoms with E-state index in [4.69, 9.17) is 13.7 Å². The minimum atomic E-state index is -3.44. The Kier molecular flexibility index (Phi) is 5.47. The third kappa shape index (κ3) is 4.61. The van der Waals surface area contributed by atoms with Gasteiger partial charge in [0.15, 0.2) is 11.5 Å². The van der Waals surface area contributed by atoms with Crippen molar-refractivity contribution in [2.45, 2.75) is 38.5 Å². The van der Waals surface area contributed by atoms with Crippen molar-refractivity contribution in [2.75, 3.05) is 19.7 Å². The molecule has 0 N–H and O–H groups in total. The van der Waals surface area contributed by atoms with E-state index in [2.05, 4.69) is 6.92 Å². The fraction of sp³-hybridized carbons (Fsp3) is 0.600. The van der Waals surface area contributed by atoms with Crippen molar-refractivity contribution in [1.82, 2.24) is 0 Å². The highest BCUT2D eigenvalue weighted by Crippen LogP contribution is 2.40. The number of hydrogen-bond acceptors (Lipinski definition) is 5. The third-order valence-corrected chi connectivity index (χ3v) is 4.07. The van der Waals surface area contributed by atoms with Gasteiger partial charge >= 0.3 is 0 Å². The minimum absolute atomic E-state index is 0.0112. The molecule has 0 fully saturated rings. The highest BCUT2D eigenvalue weighted by molar-refractivity contribution is 7.85. The lowest BCUT2D eigenvalue weighted by Crippen LogP contribution is -2.13. The van der Waals surface area contributed by atoms with E-state index in [-0.39, 0.29) is 19.3 Å². The predicted octanol–water partition coefficient (Wildman–Crippen LogP) is 3.06. The molecule has 0 saturated heterocycles. The van der Waals surface area contributed by atoms with E-state index in [0.717, 1.165) is 43.3 Å². The smallest absolute Gasteiger partial charge is 0.264 e. The van der Waals surface area contributed by atoms with Crippen molar-refractivity contribution in [3.63, 3.8) is 0 Å². The molecule has 1 atom stereocenters. The summed E-state index contributed by atoms with van der Waals surface area (Å²) in [5.41, 5.74) is 0.963. The summed E-state index contributed by atoms with van der Waals surface area (Å²) < 4.78 is 38.4. The number of benzene rings is 1. The summed E-state index contributed by atoms with van der Waals surface area (Å²) in [6, 6.07) is 5.71. The normalized spacial score (nSPS) is 15.1. The van der Waals surface area contributed by atoms with Crippen LogP contribution in [0.3, 0.4) is 0 Å². The molecule has 0 amide bonds. The van der Waals surface area contributed by atoms with Gasteiger partial charge in [-0.15, -0.1) is 0 Å². The fourth-order valence-corrected chi connectivity index (χ4v) is 2.86. The van der Waals surface area contributed by atoms with E-state index in [1.807, 2.05) is 18.2 Å². The Labute approximate surface area is 126 Å². The maximum Gasteiger partial charge on any atom is 0.264 e. The molecule has 0 aliphatic carbocycles. The van der Waals surface area contributed by atoms with Gasteiger partial charge in [0.1, 0.15) is 0 Å². The molecule has 1 aliphatic heterocycles.